The smallest absolute Gasteiger partial charge is 0.283 e. The molecule has 156 valence electrons. The summed E-state index contributed by atoms with van der Waals surface area (Å²) in [5.74, 6) is 1.88. The molecule has 1 aromatic heterocycles. The topological polar surface area (TPSA) is 64.0 Å². The number of aromatic nitrogens is 1. The third-order valence-corrected chi connectivity index (χ3v) is 6.63. The number of nitrogens with zero attached hydrogens (tertiary/aromatic N) is 3. The first kappa shape index (κ1) is 19.8. The fourth-order valence-corrected chi connectivity index (χ4v) is 4.91. The summed E-state index contributed by atoms with van der Waals surface area (Å²) >= 11 is 3.13. The minimum atomic E-state index is -0.154. The Balaban J connectivity index is 1.47. The Kier molecular flexibility index (Phi) is 5.25. The van der Waals surface area contributed by atoms with Gasteiger partial charge >= 0.3 is 0 Å². The van der Waals surface area contributed by atoms with Crippen molar-refractivity contribution in [3.05, 3.63) is 75.4 Å². The molecule has 3 aromatic rings. The molecular weight excluding hydrogens is 430 g/mol. The number of carbonyl (C=O) groups is 1. The van der Waals surface area contributed by atoms with Gasteiger partial charge in [0, 0.05) is 11.1 Å². The summed E-state index contributed by atoms with van der Waals surface area (Å²) in [5, 5.41) is 3.71. The Morgan fingerprint density at radius 2 is 1.94 bits per heavy atom. The molecule has 0 aliphatic carbocycles. The number of thioether (sulfide) groups is 1. The molecule has 2 aromatic carbocycles. The number of thiazole rings is 1. The molecule has 2 aliphatic heterocycles. The Morgan fingerprint density at radius 1 is 1.13 bits per heavy atom. The molecule has 2 aliphatic rings. The first-order chi connectivity index (χ1) is 15.1. The van der Waals surface area contributed by atoms with Crippen LogP contribution in [0, 0.1) is 13.8 Å². The Bertz CT molecular complexity index is 1220. The van der Waals surface area contributed by atoms with Gasteiger partial charge in [-0.3, -0.25) is 9.69 Å². The van der Waals surface area contributed by atoms with Crippen LogP contribution in [0.15, 0.2) is 58.5 Å². The van der Waals surface area contributed by atoms with E-state index in [1.807, 2.05) is 61.7 Å². The van der Waals surface area contributed by atoms with Gasteiger partial charge in [-0.15, -0.1) is 11.3 Å². The standard InChI is InChI=1S/C23H19N3O3S2/c1-14-3-6-18(7-4-14)26-22(27)19(9-16-5-8-20-21(10-16)29-13-28-20)25-23(26)31-12-17-11-30-15(2)24-17/h3-11H,12-13H2,1-2H3/b19-9-. The van der Waals surface area contributed by atoms with Crippen LogP contribution in [0.5, 0.6) is 11.5 Å². The summed E-state index contributed by atoms with van der Waals surface area (Å²) in [6.07, 6.45) is 1.78. The van der Waals surface area contributed by atoms with Gasteiger partial charge in [-0.05, 0) is 49.8 Å². The average molecular weight is 450 g/mol. The Hall–Kier alpha value is -3.10. The molecule has 0 atom stereocenters. The largest absolute Gasteiger partial charge is 0.454 e. The van der Waals surface area contributed by atoms with E-state index in [-0.39, 0.29) is 12.7 Å². The monoisotopic (exact) mass is 449 g/mol. The highest BCUT2D eigenvalue weighted by Gasteiger charge is 2.32. The summed E-state index contributed by atoms with van der Waals surface area (Å²) in [6, 6.07) is 13.5. The zero-order chi connectivity index (χ0) is 21.4. The second-order valence-electron chi connectivity index (χ2n) is 7.16. The number of hydrogen-bond donors (Lipinski definition) is 0. The lowest BCUT2D eigenvalue weighted by Crippen LogP contribution is -2.30. The number of carbonyl (C=O) groups excluding carboxylic acids is 1. The molecule has 0 spiro atoms. The van der Waals surface area contributed by atoms with E-state index in [4.69, 9.17) is 9.47 Å². The van der Waals surface area contributed by atoms with E-state index in [1.54, 1.807) is 22.3 Å². The highest BCUT2D eigenvalue weighted by atomic mass is 32.2. The van der Waals surface area contributed by atoms with Crippen LogP contribution in [0.25, 0.3) is 6.08 Å². The lowest BCUT2D eigenvalue weighted by Gasteiger charge is -2.17. The maximum absolute atomic E-state index is 13.3. The summed E-state index contributed by atoms with van der Waals surface area (Å²) < 4.78 is 10.8. The van der Waals surface area contributed by atoms with Gasteiger partial charge in [0.2, 0.25) is 6.79 Å². The predicted molar refractivity (Wildman–Crippen MR) is 125 cm³/mol. The maximum Gasteiger partial charge on any atom is 0.283 e. The first-order valence-corrected chi connectivity index (χ1v) is 11.6. The number of ether oxygens (including phenoxy) is 2. The number of aliphatic imine (C=N–C) groups is 1. The first-order valence-electron chi connectivity index (χ1n) is 9.72. The molecule has 0 unspecified atom stereocenters. The van der Waals surface area contributed by atoms with E-state index in [0.29, 0.717) is 28.1 Å². The third-order valence-electron chi connectivity index (χ3n) is 4.84. The quantitative estimate of drug-likeness (QED) is 0.515. The molecule has 1 amide bonds. The van der Waals surface area contributed by atoms with Gasteiger partial charge in [0.05, 0.1) is 16.4 Å². The molecule has 5 rings (SSSR count). The van der Waals surface area contributed by atoms with Crippen molar-refractivity contribution in [2.45, 2.75) is 19.6 Å². The van der Waals surface area contributed by atoms with E-state index in [1.165, 1.54) is 11.8 Å². The van der Waals surface area contributed by atoms with Crippen LogP contribution in [0.4, 0.5) is 5.69 Å². The van der Waals surface area contributed by atoms with E-state index in [2.05, 4.69) is 9.98 Å². The third kappa shape index (κ3) is 4.08. The van der Waals surface area contributed by atoms with Crippen molar-refractivity contribution < 1.29 is 14.3 Å². The van der Waals surface area contributed by atoms with Gasteiger partial charge in [0.15, 0.2) is 16.7 Å². The number of amides is 1. The fourth-order valence-electron chi connectivity index (χ4n) is 3.29. The number of anilines is 1. The van der Waals surface area contributed by atoms with Gasteiger partial charge in [0.1, 0.15) is 5.70 Å². The zero-order valence-electron chi connectivity index (χ0n) is 17.0. The maximum atomic E-state index is 13.3. The molecule has 0 bridgehead atoms. The van der Waals surface area contributed by atoms with E-state index in [9.17, 15) is 4.79 Å². The van der Waals surface area contributed by atoms with E-state index >= 15 is 0 Å². The van der Waals surface area contributed by atoms with Crippen molar-refractivity contribution >= 4 is 45.9 Å². The summed E-state index contributed by atoms with van der Waals surface area (Å²) in [4.78, 5) is 24.2. The van der Waals surface area contributed by atoms with Crippen LogP contribution in [0.1, 0.15) is 21.8 Å². The summed E-state index contributed by atoms with van der Waals surface area (Å²) in [7, 11) is 0. The van der Waals surface area contributed by atoms with Gasteiger partial charge in [-0.1, -0.05) is 35.5 Å². The second-order valence-corrected chi connectivity index (χ2v) is 9.16. The molecule has 0 fully saturated rings. The minimum Gasteiger partial charge on any atom is -0.454 e. The molecule has 31 heavy (non-hydrogen) atoms. The van der Waals surface area contributed by atoms with Gasteiger partial charge in [-0.25, -0.2) is 9.98 Å². The second kappa shape index (κ2) is 8.20. The van der Waals surface area contributed by atoms with Crippen molar-refractivity contribution in [2.24, 2.45) is 4.99 Å². The van der Waals surface area contributed by atoms with Gasteiger partial charge in [0.25, 0.3) is 5.91 Å². The number of aryl methyl sites for hydroxylation is 2. The normalized spacial score (nSPS) is 16.3. The lowest BCUT2D eigenvalue weighted by atomic mass is 10.1. The van der Waals surface area contributed by atoms with Crippen LogP contribution in [-0.2, 0) is 10.5 Å². The highest BCUT2D eigenvalue weighted by Crippen LogP contribution is 2.35. The van der Waals surface area contributed by atoms with Crippen molar-refractivity contribution in [1.82, 2.24) is 4.98 Å². The van der Waals surface area contributed by atoms with Crippen LogP contribution in [-0.4, -0.2) is 22.9 Å². The predicted octanol–water partition coefficient (Wildman–Crippen LogP) is 5.17. The minimum absolute atomic E-state index is 0.154. The van der Waals surface area contributed by atoms with Crippen molar-refractivity contribution in [1.29, 1.82) is 0 Å². The van der Waals surface area contributed by atoms with E-state index in [0.717, 1.165) is 27.5 Å². The summed E-state index contributed by atoms with van der Waals surface area (Å²) in [5.41, 5.74) is 4.14. The number of hydrogen-bond acceptors (Lipinski definition) is 7. The molecule has 0 radical (unpaired) electrons. The highest BCUT2D eigenvalue weighted by molar-refractivity contribution is 8.13. The fraction of sp³-hybridized carbons (Fsp3) is 0.174. The Morgan fingerprint density at radius 3 is 2.71 bits per heavy atom. The van der Waals surface area contributed by atoms with Gasteiger partial charge < -0.3 is 9.47 Å². The van der Waals surface area contributed by atoms with Crippen molar-refractivity contribution in [2.75, 3.05) is 11.7 Å². The lowest BCUT2D eigenvalue weighted by molar-refractivity contribution is -0.113. The number of rotatable bonds is 4. The van der Waals surface area contributed by atoms with Crippen molar-refractivity contribution in [3.63, 3.8) is 0 Å². The molecule has 6 nitrogen and oxygen atoms in total. The SMILES string of the molecule is Cc1ccc(N2C(=O)/C(=C/c3ccc4c(c3)OCO4)N=C2SCc2csc(C)n2)cc1. The molecule has 3 heterocycles. The molecular formula is C23H19N3O3S2. The Labute approximate surface area is 188 Å². The van der Waals surface area contributed by atoms with Crippen LogP contribution in [0.3, 0.4) is 0 Å². The number of amidine groups is 1. The molecule has 8 heteroatoms. The molecule has 0 saturated carbocycles. The molecule has 0 saturated heterocycles. The van der Waals surface area contributed by atoms with Crippen LogP contribution >= 0.6 is 23.1 Å². The van der Waals surface area contributed by atoms with E-state index < -0.39 is 0 Å². The van der Waals surface area contributed by atoms with Gasteiger partial charge in [-0.2, -0.15) is 0 Å². The molecule has 0 N–H and O–H groups in total. The van der Waals surface area contributed by atoms with Crippen LogP contribution in [0.2, 0.25) is 0 Å². The van der Waals surface area contributed by atoms with Crippen LogP contribution < -0.4 is 14.4 Å². The van der Waals surface area contributed by atoms with Crippen molar-refractivity contribution in [3.8, 4) is 11.5 Å². The average Bonchev–Trinajstić information content (AvgIpc) is 3.47. The zero-order valence-corrected chi connectivity index (χ0v) is 18.6. The number of benzene rings is 2. The number of fused-ring (bicyclic) bond motifs is 1. The summed E-state index contributed by atoms with van der Waals surface area (Å²) in [6.45, 7) is 4.22.